The highest BCUT2D eigenvalue weighted by molar-refractivity contribution is 5.66. The van der Waals surface area contributed by atoms with E-state index in [2.05, 4.69) is 32.0 Å². The van der Waals surface area contributed by atoms with Gasteiger partial charge in [0.05, 0.1) is 0 Å². The zero-order valence-corrected chi connectivity index (χ0v) is 9.82. The van der Waals surface area contributed by atoms with Gasteiger partial charge in [-0.3, -0.25) is 0 Å². The number of benzene rings is 1. The Morgan fingerprint density at radius 1 is 1.19 bits per heavy atom. The topological polar surface area (TPSA) is 52.0 Å². The Morgan fingerprint density at radius 3 is 2.44 bits per heavy atom. The molecule has 0 radical (unpaired) electrons. The molecule has 0 amide bonds. The number of nitrogens with zero attached hydrogens (tertiary/aromatic N) is 1. The Labute approximate surface area is 95.3 Å². The molecule has 1 aromatic carbocycles. The first-order chi connectivity index (χ1) is 7.48. The summed E-state index contributed by atoms with van der Waals surface area (Å²) >= 11 is 0. The number of hydrogen-bond acceptors (Lipinski definition) is 3. The minimum Gasteiger partial charge on any atom is -0.368 e. The number of nitrogens with two attached hydrogens (primary N) is 1. The van der Waals surface area contributed by atoms with Gasteiger partial charge < -0.3 is 10.3 Å². The van der Waals surface area contributed by atoms with Crippen molar-refractivity contribution in [2.45, 2.75) is 26.2 Å². The van der Waals surface area contributed by atoms with Gasteiger partial charge >= 0.3 is 0 Å². The van der Waals surface area contributed by atoms with Crippen molar-refractivity contribution in [3.05, 3.63) is 35.9 Å². The standard InChI is InChI=1S/C13H16N2O/c1-13(2,3)10-7-5-4-6-9(10)11-8-12(14)16-15-11/h4-8H,14H2,1-3H3. The van der Waals surface area contributed by atoms with Crippen LogP contribution in [0.4, 0.5) is 5.88 Å². The second-order valence-electron chi connectivity index (χ2n) is 4.91. The first kappa shape index (κ1) is 10.7. The summed E-state index contributed by atoms with van der Waals surface area (Å²) in [6.07, 6.45) is 0. The van der Waals surface area contributed by atoms with Crippen LogP contribution in [-0.4, -0.2) is 5.16 Å². The summed E-state index contributed by atoms with van der Waals surface area (Å²) in [4.78, 5) is 0. The van der Waals surface area contributed by atoms with Gasteiger partial charge in [-0.05, 0) is 11.0 Å². The fourth-order valence-corrected chi connectivity index (χ4v) is 1.78. The van der Waals surface area contributed by atoms with E-state index in [9.17, 15) is 0 Å². The monoisotopic (exact) mass is 216 g/mol. The zero-order valence-electron chi connectivity index (χ0n) is 9.82. The van der Waals surface area contributed by atoms with E-state index < -0.39 is 0 Å². The first-order valence-corrected chi connectivity index (χ1v) is 5.30. The molecule has 84 valence electrons. The molecule has 3 heteroatoms. The lowest BCUT2D eigenvalue weighted by Gasteiger charge is -2.21. The molecule has 3 nitrogen and oxygen atoms in total. The Hall–Kier alpha value is -1.77. The molecule has 2 N–H and O–H groups in total. The number of hydrogen-bond donors (Lipinski definition) is 1. The number of anilines is 1. The summed E-state index contributed by atoms with van der Waals surface area (Å²) in [5.41, 5.74) is 8.73. The van der Waals surface area contributed by atoms with Gasteiger partial charge in [-0.15, -0.1) is 0 Å². The maximum Gasteiger partial charge on any atom is 0.222 e. The molecule has 0 saturated carbocycles. The van der Waals surface area contributed by atoms with Gasteiger partial charge in [0.15, 0.2) is 0 Å². The quantitative estimate of drug-likeness (QED) is 0.796. The molecule has 1 heterocycles. The first-order valence-electron chi connectivity index (χ1n) is 5.30. The fraction of sp³-hybridized carbons (Fsp3) is 0.308. The maximum absolute atomic E-state index is 5.55. The Bertz CT molecular complexity index is 495. The van der Waals surface area contributed by atoms with E-state index >= 15 is 0 Å². The van der Waals surface area contributed by atoms with E-state index in [4.69, 9.17) is 10.3 Å². The Balaban J connectivity index is 2.57. The third-order valence-corrected chi connectivity index (χ3v) is 2.54. The molecule has 0 aliphatic rings. The minimum atomic E-state index is 0.0737. The van der Waals surface area contributed by atoms with Crippen molar-refractivity contribution in [1.82, 2.24) is 5.16 Å². The molecule has 2 rings (SSSR count). The second-order valence-corrected chi connectivity index (χ2v) is 4.91. The normalized spacial score (nSPS) is 11.7. The third kappa shape index (κ3) is 1.94. The average Bonchev–Trinajstić information content (AvgIpc) is 2.64. The van der Waals surface area contributed by atoms with Crippen LogP contribution in [0.25, 0.3) is 11.3 Å². The van der Waals surface area contributed by atoms with Crippen molar-refractivity contribution in [2.75, 3.05) is 5.73 Å². The predicted molar refractivity (Wildman–Crippen MR) is 65.1 cm³/mol. The van der Waals surface area contributed by atoms with Gasteiger partial charge in [0, 0.05) is 11.6 Å². The highest BCUT2D eigenvalue weighted by Crippen LogP contribution is 2.32. The molecule has 0 atom stereocenters. The molecule has 0 bridgehead atoms. The summed E-state index contributed by atoms with van der Waals surface area (Å²) in [5.74, 6) is 0.346. The van der Waals surface area contributed by atoms with Crippen molar-refractivity contribution in [3.8, 4) is 11.3 Å². The van der Waals surface area contributed by atoms with E-state index in [-0.39, 0.29) is 5.41 Å². The van der Waals surface area contributed by atoms with Crippen LogP contribution in [-0.2, 0) is 5.41 Å². The van der Waals surface area contributed by atoms with Crippen molar-refractivity contribution >= 4 is 5.88 Å². The molecular weight excluding hydrogens is 200 g/mol. The van der Waals surface area contributed by atoms with Crippen molar-refractivity contribution in [3.63, 3.8) is 0 Å². The van der Waals surface area contributed by atoms with E-state index in [0.717, 1.165) is 11.3 Å². The smallest absolute Gasteiger partial charge is 0.222 e. The summed E-state index contributed by atoms with van der Waals surface area (Å²) in [6.45, 7) is 6.53. The SMILES string of the molecule is CC(C)(C)c1ccccc1-c1cc(N)on1. The van der Waals surface area contributed by atoms with Crippen molar-refractivity contribution in [1.29, 1.82) is 0 Å². The summed E-state index contributed by atoms with van der Waals surface area (Å²) in [7, 11) is 0. The lowest BCUT2D eigenvalue weighted by Crippen LogP contribution is -2.12. The third-order valence-electron chi connectivity index (χ3n) is 2.54. The van der Waals surface area contributed by atoms with Gasteiger partial charge in [0.25, 0.3) is 0 Å². The number of rotatable bonds is 1. The summed E-state index contributed by atoms with van der Waals surface area (Å²) < 4.78 is 4.91. The van der Waals surface area contributed by atoms with Crippen LogP contribution >= 0.6 is 0 Å². The second kappa shape index (κ2) is 3.67. The predicted octanol–water partition coefficient (Wildman–Crippen LogP) is 3.22. The molecule has 0 fully saturated rings. The van der Waals surface area contributed by atoms with Crippen LogP contribution in [0.3, 0.4) is 0 Å². The lowest BCUT2D eigenvalue weighted by molar-refractivity contribution is 0.439. The Morgan fingerprint density at radius 2 is 1.88 bits per heavy atom. The van der Waals surface area contributed by atoms with E-state index in [1.165, 1.54) is 5.56 Å². The molecular formula is C13H16N2O. The minimum absolute atomic E-state index is 0.0737. The molecule has 2 aromatic rings. The molecule has 1 aromatic heterocycles. The van der Waals surface area contributed by atoms with Gasteiger partial charge in [-0.2, -0.15) is 0 Å². The maximum atomic E-state index is 5.55. The van der Waals surface area contributed by atoms with E-state index in [1.54, 1.807) is 6.07 Å². The van der Waals surface area contributed by atoms with Gasteiger partial charge in [-0.1, -0.05) is 50.2 Å². The highest BCUT2D eigenvalue weighted by atomic mass is 16.5. The van der Waals surface area contributed by atoms with Gasteiger partial charge in [0.1, 0.15) is 5.69 Å². The molecule has 16 heavy (non-hydrogen) atoms. The molecule has 0 unspecified atom stereocenters. The zero-order chi connectivity index (χ0) is 11.8. The highest BCUT2D eigenvalue weighted by Gasteiger charge is 2.19. The van der Waals surface area contributed by atoms with Crippen LogP contribution in [0.1, 0.15) is 26.3 Å². The van der Waals surface area contributed by atoms with E-state index in [0.29, 0.717) is 5.88 Å². The molecule has 0 saturated heterocycles. The molecule has 0 aliphatic heterocycles. The van der Waals surface area contributed by atoms with Crippen molar-refractivity contribution < 1.29 is 4.52 Å². The summed E-state index contributed by atoms with van der Waals surface area (Å²) in [6, 6.07) is 9.94. The van der Waals surface area contributed by atoms with Crippen LogP contribution in [0.2, 0.25) is 0 Å². The number of nitrogen functional groups attached to an aromatic ring is 1. The van der Waals surface area contributed by atoms with Crippen LogP contribution in [0.5, 0.6) is 0 Å². The molecule has 0 aliphatic carbocycles. The average molecular weight is 216 g/mol. The van der Waals surface area contributed by atoms with Crippen LogP contribution in [0, 0.1) is 0 Å². The largest absolute Gasteiger partial charge is 0.368 e. The van der Waals surface area contributed by atoms with E-state index in [1.807, 2.05) is 18.2 Å². The lowest BCUT2D eigenvalue weighted by atomic mass is 9.83. The van der Waals surface area contributed by atoms with Gasteiger partial charge in [0.2, 0.25) is 5.88 Å². The summed E-state index contributed by atoms with van der Waals surface area (Å²) in [5, 5.41) is 3.96. The number of aromatic nitrogens is 1. The Kier molecular flexibility index (Phi) is 2.46. The van der Waals surface area contributed by atoms with Crippen LogP contribution < -0.4 is 5.73 Å². The fourth-order valence-electron chi connectivity index (χ4n) is 1.78. The van der Waals surface area contributed by atoms with Gasteiger partial charge in [-0.25, -0.2) is 0 Å². The van der Waals surface area contributed by atoms with Crippen molar-refractivity contribution in [2.24, 2.45) is 0 Å². The van der Waals surface area contributed by atoms with Crippen LogP contribution in [0.15, 0.2) is 34.9 Å². The molecule has 0 spiro atoms.